The lowest BCUT2D eigenvalue weighted by Crippen LogP contribution is -2.43. The molecule has 1 aromatic carbocycles. The van der Waals surface area contributed by atoms with E-state index in [0.717, 1.165) is 44.1 Å². The van der Waals surface area contributed by atoms with Gasteiger partial charge in [-0.05, 0) is 49.3 Å². The molecule has 2 saturated carbocycles. The van der Waals surface area contributed by atoms with Crippen LogP contribution in [0.1, 0.15) is 56.4 Å². The molecule has 0 saturated heterocycles. The molecule has 0 bridgehead atoms. The van der Waals surface area contributed by atoms with Crippen LogP contribution in [-0.2, 0) is 4.79 Å². The molecule has 2 aliphatic carbocycles. The third-order valence-corrected chi connectivity index (χ3v) is 5.49. The molecule has 1 atom stereocenters. The number of hydrogen-bond acceptors (Lipinski definition) is 2. The standard InChI is InChI=1S/C19H26FNO2/c20-16-8-6-15(7-9-16)17(14-4-5-14)18(23)21-12-19(13-22)10-2-1-3-11-19/h6-9,14,17,22H,1-5,10-13H2,(H,21,23). The molecule has 0 aromatic heterocycles. The lowest BCUT2D eigenvalue weighted by atomic mass is 9.74. The highest BCUT2D eigenvalue weighted by molar-refractivity contribution is 5.84. The van der Waals surface area contributed by atoms with Gasteiger partial charge in [-0.2, -0.15) is 0 Å². The molecule has 1 unspecified atom stereocenters. The Morgan fingerprint density at radius 3 is 2.43 bits per heavy atom. The molecule has 1 aromatic rings. The first-order chi connectivity index (χ1) is 11.1. The number of hydrogen-bond donors (Lipinski definition) is 2. The van der Waals surface area contributed by atoms with Gasteiger partial charge in [0.25, 0.3) is 0 Å². The van der Waals surface area contributed by atoms with Crippen molar-refractivity contribution < 1.29 is 14.3 Å². The predicted molar refractivity (Wildman–Crippen MR) is 87.5 cm³/mol. The van der Waals surface area contributed by atoms with E-state index in [2.05, 4.69) is 5.32 Å². The number of rotatable bonds is 6. The molecule has 3 nitrogen and oxygen atoms in total. The Balaban J connectivity index is 1.66. The molecule has 126 valence electrons. The van der Waals surface area contributed by atoms with E-state index in [0.29, 0.717) is 12.5 Å². The molecule has 4 heteroatoms. The van der Waals surface area contributed by atoms with Crippen LogP contribution in [0.2, 0.25) is 0 Å². The monoisotopic (exact) mass is 319 g/mol. The Morgan fingerprint density at radius 2 is 1.87 bits per heavy atom. The van der Waals surface area contributed by atoms with E-state index in [1.54, 1.807) is 12.1 Å². The van der Waals surface area contributed by atoms with Gasteiger partial charge in [0.05, 0.1) is 12.5 Å². The Bertz CT molecular complexity index is 533. The van der Waals surface area contributed by atoms with Gasteiger partial charge in [0, 0.05) is 12.0 Å². The Kier molecular flexibility index (Phi) is 5.00. The molecule has 0 radical (unpaired) electrons. The van der Waals surface area contributed by atoms with Crippen molar-refractivity contribution in [2.24, 2.45) is 11.3 Å². The molecule has 23 heavy (non-hydrogen) atoms. The zero-order chi connectivity index (χ0) is 16.3. The zero-order valence-electron chi connectivity index (χ0n) is 13.6. The normalized spacial score (nSPS) is 21.7. The Labute approximate surface area is 137 Å². The average molecular weight is 319 g/mol. The van der Waals surface area contributed by atoms with E-state index in [-0.39, 0.29) is 29.7 Å². The molecular formula is C19H26FNO2. The van der Waals surface area contributed by atoms with Gasteiger partial charge >= 0.3 is 0 Å². The smallest absolute Gasteiger partial charge is 0.227 e. The van der Waals surface area contributed by atoms with Crippen LogP contribution in [0.3, 0.4) is 0 Å². The molecule has 1 amide bonds. The molecule has 3 rings (SSSR count). The highest BCUT2D eigenvalue weighted by Crippen LogP contribution is 2.43. The fraction of sp³-hybridized carbons (Fsp3) is 0.632. The maximum Gasteiger partial charge on any atom is 0.227 e. The van der Waals surface area contributed by atoms with E-state index in [4.69, 9.17) is 0 Å². The largest absolute Gasteiger partial charge is 0.396 e. The highest BCUT2D eigenvalue weighted by Gasteiger charge is 2.38. The van der Waals surface area contributed by atoms with Crippen molar-refractivity contribution in [3.63, 3.8) is 0 Å². The van der Waals surface area contributed by atoms with E-state index in [9.17, 15) is 14.3 Å². The Morgan fingerprint density at radius 1 is 1.22 bits per heavy atom. The summed E-state index contributed by atoms with van der Waals surface area (Å²) in [7, 11) is 0. The number of amides is 1. The summed E-state index contributed by atoms with van der Waals surface area (Å²) in [4.78, 5) is 12.7. The van der Waals surface area contributed by atoms with Crippen molar-refractivity contribution in [2.75, 3.05) is 13.2 Å². The maximum atomic E-state index is 13.1. The van der Waals surface area contributed by atoms with Crippen LogP contribution < -0.4 is 5.32 Å². The third kappa shape index (κ3) is 3.92. The molecule has 0 spiro atoms. The summed E-state index contributed by atoms with van der Waals surface area (Å²) < 4.78 is 13.1. The number of carbonyl (C=O) groups is 1. The molecule has 0 aliphatic heterocycles. The molecule has 2 N–H and O–H groups in total. The average Bonchev–Trinajstić information content (AvgIpc) is 3.41. The number of aliphatic hydroxyl groups is 1. The lowest BCUT2D eigenvalue weighted by molar-refractivity contribution is -0.123. The van der Waals surface area contributed by atoms with Crippen LogP contribution in [0, 0.1) is 17.2 Å². The van der Waals surface area contributed by atoms with Crippen LogP contribution in [0.15, 0.2) is 24.3 Å². The molecular weight excluding hydrogens is 293 g/mol. The van der Waals surface area contributed by atoms with Crippen molar-refractivity contribution in [1.82, 2.24) is 5.32 Å². The minimum atomic E-state index is -0.273. The number of halogens is 1. The van der Waals surface area contributed by atoms with Gasteiger partial charge in [-0.15, -0.1) is 0 Å². The predicted octanol–water partition coefficient (Wildman–Crippen LogP) is 3.38. The van der Waals surface area contributed by atoms with Crippen molar-refractivity contribution in [1.29, 1.82) is 0 Å². The molecule has 2 aliphatic rings. The highest BCUT2D eigenvalue weighted by atomic mass is 19.1. The minimum absolute atomic E-state index is 0.0255. The van der Waals surface area contributed by atoms with Crippen molar-refractivity contribution in [3.8, 4) is 0 Å². The summed E-state index contributed by atoms with van der Waals surface area (Å²) in [6, 6.07) is 6.29. The van der Waals surface area contributed by atoms with Crippen molar-refractivity contribution in [3.05, 3.63) is 35.6 Å². The summed E-state index contributed by atoms with van der Waals surface area (Å²) in [5.74, 6) is -0.0607. The number of aliphatic hydroxyl groups excluding tert-OH is 1. The second-order valence-electron chi connectivity index (χ2n) is 7.30. The topological polar surface area (TPSA) is 49.3 Å². The van der Waals surface area contributed by atoms with Crippen LogP contribution in [0.4, 0.5) is 4.39 Å². The fourth-order valence-corrected chi connectivity index (χ4v) is 3.81. The summed E-state index contributed by atoms with van der Waals surface area (Å²) in [5.41, 5.74) is 0.748. The van der Waals surface area contributed by atoms with Crippen LogP contribution in [0.25, 0.3) is 0 Å². The summed E-state index contributed by atoms with van der Waals surface area (Å²) in [6.45, 7) is 0.685. The van der Waals surface area contributed by atoms with Gasteiger partial charge in [-0.25, -0.2) is 4.39 Å². The van der Waals surface area contributed by atoms with Gasteiger partial charge in [0.2, 0.25) is 5.91 Å². The van der Waals surface area contributed by atoms with Gasteiger partial charge in [0.15, 0.2) is 0 Å². The van der Waals surface area contributed by atoms with E-state index in [1.807, 2.05) is 0 Å². The van der Waals surface area contributed by atoms with Gasteiger partial charge in [0.1, 0.15) is 5.82 Å². The number of carbonyl (C=O) groups excluding carboxylic acids is 1. The fourth-order valence-electron chi connectivity index (χ4n) is 3.81. The van der Waals surface area contributed by atoms with Gasteiger partial charge in [-0.1, -0.05) is 31.4 Å². The first-order valence-corrected chi connectivity index (χ1v) is 8.78. The zero-order valence-corrected chi connectivity index (χ0v) is 13.6. The first-order valence-electron chi connectivity index (χ1n) is 8.78. The van der Waals surface area contributed by atoms with Gasteiger partial charge < -0.3 is 10.4 Å². The quantitative estimate of drug-likeness (QED) is 0.844. The second-order valence-corrected chi connectivity index (χ2v) is 7.30. The van der Waals surface area contributed by atoms with Crippen LogP contribution >= 0.6 is 0 Å². The SMILES string of the molecule is O=C(NCC1(CO)CCCCC1)C(c1ccc(F)cc1)C1CC1. The minimum Gasteiger partial charge on any atom is -0.396 e. The first kappa shape index (κ1) is 16.4. The van der Waals surface area contributed by atoms with Crippen LogP contribution in [-0.4, -0.2) is 24.2 Å². The van der Waals surface area contributed by atoms with E-state index < -0.39 is 0 Å². The third-order valence-electron chi connectivity index (χ3n) is 5.49. The second kappa shape index (κ2) is 7.00. The van der Waals surface area contributed by atoms with Crippen molar-refractivity contribution in [2.45, 2.75) is 50.9 Å². The summed E-state index contributed by atoms with van der Waals surface area (Å²) in [5, 5.41) is 12.9. The van der Waals surface area contributed by atoms with E-state index in [1.165, 1.54) is 18.6 Å². The number of nitrogens with one attached hydrogen (secondary N) is 1. The Hall–Kier alpha value is -1.42. The number of benzene rings is 1. The molecule has 0 heterocycles. The molecule has 2 fully saturated rings. The maximum absolute atomic E-state index is 13.1. The summed E-state index contributed by atoms with van der Waals surface area (Å²) in [6.07, 6.45) is 7.54. The van der Waals surface area contributed by atoms with Crippen LogP contribution in [0.5, 0.6) is 0 Å². The lowest BCUT2D eigenvalue weighted by Gasteiger charge is -2.36. The van der Waals surface area contributed by atoms with E-state index >= 15 is 0 Å². The van der Waals surface area contributed by atoms with Gasteiger partial charge in [-0.3, -0.25) is 4.79 Å². The summed E-state index contributed by atoms with van der Waals surface area (Å²) >= 11 is 0. The van der Waals surface area contributed by atoms with Crippen molar-refractivity contribution >= 4 is 5.91 Å².